The van der Waals surface area contributed by atoms with E-state index in [9.17, 15) is 20.2 Å². The Morgan fingerprint density at radius 2 is 2.39 bits per heavy atom. The molecule has 8 nitrogen and oxygen atoms in total. The van der Waals surface area contributed by atoms with Crippen LogP contribution in [0.2, 0.25) is 0 Å². The zero-order valence-electron chi connectivity index (χ0n) is 11.7. The van der Waals surface area contributed by atoms with Crippen LogP contribution in [0.4, 0.5) is 10.8 Å². The van der Waals surface area contributed by atoms with Crippen LogP contribution in [0.3, 0.4) is 0 Å². The van der Waals surface area contributed by atoms with E-state index in [0.717, 1.165) is 29.7 Å². The highest BCUT2D eigenvalue weighted by molar-refractivity contribution is 9.10. The number of amides is 1. The van der Waals surface area contributed by atoms with Crippen molar-refractivity contribution in [2.45, 2.75) is 25.8 Å². The van der Waals surface area contributed by atoms with E-state index in [1.807, 2.05) is 0 Å². The zero-order valence-corrected chi connectivity index (χ0v) is 14.1. The van der Waals surface area contributed by atoms with Gasteiger partial charge in [-0.15, -0.1) is 11.3 Å². The number of hydrogen-bond acceptors (Lipinski definition) is 6. The summed E-state index contributed by atoms with van der Waals surface area (Å²) in [5.41, 5.74) is 1.56. The SMILES string of the molecule is N#Cc1c(NC(=O)Cn2cc(Br)c([N+](=O)[O-])n2)sc2c1CCC2. The lowest BCUT2D eigenvalue weighted by Gasteiger charge is -2.02. The number of anilines is 1. The Morgan fingerprint density at radius 1 is 1.61 bits per heavy atom. The van der Waals surface area contributed by atoms with E-state index in [1.54, 1.807) is 0 Å². The van der Waals surface area contributed by atoms with Gasteiger partial charge in [0, 0.05) is 4.88 Å². The molecule has 0 unspecified atom stereocenters. The first kappa shape index (κ1) is 15.6. The van der Waals surface area contributed by atoms with Crippen LogP contribution < -0.4 is 5.32 Å². The van der Waals surface area contributed by atoms with Crippen LogP contribution in [-0.2, 0) is 24.2 Å². The Balaban J connectivity index is 1.75. The molecule has 2 heterocycles. The fourth-order valence-electron chi connectivity index (χ4n) is 2.52. The van der Waals surface area contributed by atoms with Gasteiger partial charge in [-0.2, -0.15) is 9.94 Å². The lowest BCUT2D eigenvalue weighted by atomic mass is 10.1. The number of fused-ring (bicyclic) bond motifs is 1. The second-order valence-corrected chi connectivity index (χ2v) is 6.94. The van der Waals surface area contributed by atoms with Crippen molar-refractivity contribution < 1.29 is 9.72 Å². The van der Waals surface area contributed by atoms with Crippen molar-refractivity contribution in [1.82, 2.24) is 9.78 Å². The Bertz CT molecular complexity index is 851. The maximum Gasteiger partial charge on any atom is 0.404 e. The monoisotopic (exact) mass is 395 g/mol. The topological polar surface area (TPSA) is 114 Å². The molecule has 0 saturated heterocycles. The van der Waals surface area contributed by atoms with Crippen LogP contribution in [0.15, 0.2) is 10.7 Å². The van der Waals surface area contributed by atoms with Crippen LogP contribution in [-0.4, -0.2) is 20.6 Å². The van der Waals surface area contributed by atoms with Gasteiger partial charge in [-0.3, -0.25) is 4.79 Å². The molecule has 10 heteroatoms. The minimum absolute atomic E-state index is 0.167. The fourth-order valence-corrected chi connectivity index (χ4v) is 4.23. The largest absolute Gasteiger partial charge is 0.404 e. The number of nitrogens with zero attached hydrogens (tertiary/aromatic N) is 4. The molecule has 2 aromatic rings. The molecule has 1 aliphatic carbocycles. The molecule has 0 aromatic carbocycles. The van der Waals surface area contributed by atoms with Gasteiger partial charge >= 0.3 is 5.82 Å². The van der Waals surface area contributed by atoms with Crippen molar-refractivity contribution in [1.29, 1.82) is 5.26 Å². The maximum absolute atomic E-state index is 12.1. The molecule has 1 amide bonds. The normalized spacial score (nSPS) is 12.7. The minimum Gasteiger partial charge on any atom is -0.358 e. The number of nitrogens with one attached hydrogen (secondary N) is 1. The molecule has 118 valence electrons. The molecular weight excluding hydrogens is 386 g/mol. The number of carbonyl (C=O) groups excluding carboxylic acids is 1. The van der Waals surface area contributed by atoms with E-state index >= 15 is 0 Å². The molecule has 23 heavy (non-hydrogen) atoms. The standard InChI is InChI=1S/C13H10BrN5O3S/c14-9-5-18(17-12(9)19(21)22)6-11(20)16-13-8(4-15)7-2-1-3-10(7)23-13/h5H,1-3,6H2,(H,16,20). The number of nitro groups is 1. The van der Waals surface area contributed by atoms with E-state index in [1.165, 1.54) is 22.2 Å². The first-order valence-corrected chi connectivity index (χ1v) is 8.32. The molecule has 1 N–H and O–H groups in total. The fraction of sp³-hybridized carbons (Fsp3) is 0.308. The number of aromatic nitrogens is 2. The van der Waals surface area contributed by atoms with Gasteiger partial charge in [-0.1, -0.05) is 0 Å². The molecule has 0 saturated carbocycles. The van der Waals surface area contributed by atoms with Crippen LogP contribution >= 0.6 is 27.3 Å². The predicted octanol–water partition coefficient (Wildman–Crippen LogP) is 2.61. The summed E-state index contributed by atoms with van der Waals surface area (Å²) in [6.07, 6.45) is 4.21. The van der Waals surface area contributed by atoms with Gasteiger partial charge in [-0.05, 0) is 45.7 Å². The molecule has 0 aliphatic heterocycles. The van der Waals surface area contributed by atoms with Crippen molar-refractivity contribution in [2.24, 2.45) is 0 Å². The van der Waals surface area contributed by atoms with Crippen LogP contribution in [0.5, 0.6) is 0 Å². The number of carbonyl (C=O) groups is 1. The summed E-state index contributed by atoms with van der Waals surface area (Å²) in [5, 5.41) is 27.0. The number of aryl methyl sites for hydroxylation is 1. The molecule has 0 atom stereocenters. The Labute approximate surface area is 143 Å². The smallest absolute Gasteiger partial charge is 0.358 e. The third-order valence-corrected chi connectivity index (χ3v) is 5.23. The number of thiophene rings is 1. The van der Waals surface area contributed by atoms with Gasteiger partial charge in [0.05, 0.1) is 16.9 Å². The summed E-state index contributed by atoms with van der Waals surface area (Å²) in [5.74, 6) is -0.725. The average Bonchev–Trinajstić information content (AvgIpc) is 3.13. The number of rotatable bonds is 4. The third-order valence-electron chi connectivity index (χ3n) is 3.46. The van der Waals surface area contributed by atoms with Crippen LogP contribution in [0.25, 0.3) is 0 Å². The highest BCUT2D eigenvalue weighted by Crippen LogP contribution is 2.38. The Hall–Kier alpha value is -2.25. The quantitative estimate of drug-likeness (QED) is 0.630. The van der Waals surface area contributed by atoms with Gasteiger partial charge in [0.2, 0.25) is 5.91 Å². The van der Waals surface area contributed by atoms with Gasteiger partial charge in [0.25, 0.3) is 0 Å². The summed E-state index contributed by atoms with van der Waals surface area (Å²) < 4.78 is 1.40. The Kier molecular flexibility index (Phi) is 4.14. The lowest BCUT2D eigenvalue weighted by Crippen LogP contribution is -2.19. The molecular formula is C13H10BrN5O3S. The second-order valence-electron chi connectivity index (χ2n) is 4.98. The minimum atomic E-state index is -0.629. The first-order valence-electron chi connectivity index (χ1n) is 6.71. The second kappa shape index (κ2) is 6.10. The van der Waals surface area contributed by atoms with Crippen molar-refractivity contribution in [3.8, 4) is 6.07 Å². The van der Waals surface area contributed by atoms with Crippen LogP contribution in [0.1, 0.15) is 22.4 Å². The van der Waals surface area contributed by atoms with E-state index < -0.39 is 4.92 Å². The third kappa shape index (κ3) is 2.97. The van der Waals surface area contributed by atoms with E-state index in [0.29, 0.717) is 10.6 Å². The van der Waals surface area contributed by atoms with E-state index in [2.05, 4.69) is 32.4 Å². The van der Waals surface area contributed by atoms with Crippen molar-refractivity contribution >= 4 is 44.0 Å². The maximum atomic E-state index is 12.1. The highest BCUT2D eigenvalue weighted by atomic mass is 79.9. The van der Waals surface area contributed by atoms with Crippen molar-refractivity contribution in [3.63, 3.8) is 0 Å². The molecule has 0 fully saturated rings. The predicted molar refractivity (Wildman–Crippen MR) is 86.3 cm³/mol. The van der Waals surface area contributed by atoms with Crippen LogP contribution in [0, 0.1) is 21.4 Å². The molecule has 0 radical (unpaired) electrons. The summed E-state index contributed by atoms with van der Waals surface area (Å²) in [7, 11) is 0. The lowest BCUT2D eigenvalue weighted by molar-refractivity contribution is -0.390. The van der Waals surface area contributed by atoms with Gasteiger partial charge < -0.3 is 15.4 Å². The molecule has 3 rings (SSSR count). The van der Waals surface area contributed by atoms with Gasteiger partial charge in [-0.25, -0.2) is 0 Å². The zero-order chi connectivity index (χ0) is 16.6. The van der Waals surface area contributed by atoms with Gasteiger partial charge in [0.15, 0.2) is 0 Å². The number of hydrogen-bond donors (Lipinski definition) is 1. The average molecular weight is 396 g/mol. The highest BCUT2D eigenvalue weighted by Gasteiger charge is 2.24. The molecule has 2 aromatic heterocycles. The van der Waals surface area contributed by atoms with E-state index in [4.69, 9.17) is 0 Å². The Morgan fingerprint density at radius 3 is 3.04 bits per heavy atom. The number of halogens is 1. The summed E-state index contributed by atoms with van der Waals surface area (Å²) >= 11 is 4.45. The van der Waals surface area contributed by atoms with E-state index in [-0.39, 0.29) is 22.7 Å². The summed E-state index contributed by atoms with van der Waals surface area (Å²) in [4.78, 5) is 23.4. The van der Waals surface area contributed by atoms with Gasteiger partial charge in [0.1, 0.15) is 22.1 Å². The molecule has 0 bridgehead atoms. The van der Waals surface area contributed by atoms with Crippen molar-refractivity contribution in [3.05, 3.63) is 36.8 Å². The molecule has 1 aliphatic rings. The number of nitriles is 1. The first-order chi connectivity index (χ1) is 11.0. The molecule has 0 spiro atoms. The summed E-state index contributed by atoms with van der Waals surface area (Å²) in [6, 6.07) is 2.15. The summed E-state index contributed by atoms with van der Waals surface area (Å²) in [6.45, 7) is -0.167. The van der Waals surface area contributed by atoms with Crippen molar-refractivity contribution in [2.75, 3.05) is 5.32 Å².